The second-order valence-electron chi connectivity index (χ2n) is 6.36. The zero-order valence-corrected chi connectivity index (χ0v) is 14.0. The van der Waals surface area contributed by atoms with Gasteiger partial charge in [0.15, 0.2) is 9.84 Å². The van der Waals surface area contributed by atoms with Gasteiger partial charge in [0, 0.05) is 24.9 Å². The predicted octanol–water partition coefficient (Wildman–Crippen LogP) is 1.72. The van der Waals surface area contributed by atoms with Gasteiger partial charge in [-0.25, -0.2) is 8.42 Å². The predicted molar refractivity (Wildman–Crippen MR) is 86.9 cm³/mol. The molecule has 1 aromatic rings. The van der Waals surface area contributed by atoms with Crippen molar-refractivity contribution in [3.63, 3.8) is 0 Å². The molecule has 1 fully saturated rings. The second kappa shape index (κ2) is 6.07. The summed E-state index contributed by atoms with van der Waals surface area (Å²) in [5.41, 5.74) is 8.01. The molecule has 1 aliphatic rings. The number of hydrogen-bond donors (Lipinski definition) is 1. The molecule has 1 saturated carbocycles. The van der Waals surface area contributed by atoms with E-state index in [1.807, 2.05) is 7.05 Å². The molecule has 21 heavy (non-hydrogen) atoms. The average molecular weight is 310 g/mol. The molecule has 0 bridgehead atoms. The number of aryl methyl sites for hydroxylation is 1. The van der Waals surface area contributed by atoms with Crippen molar-refractivity contribution in [3.05, 3.63) is 35.4 Å². The first-order chi connectivity index (χ1) is 9.79. The third kappa shape index (κ3) is 3.30. The van der Waals surface area contributed by atoms with Crippen LogP contribution in [0.5, 0.6) is 0 Å². The van der Waals surface area contributed by atoms with Gasteiger partial charge in [-0.15, -0.1) is 0 Å². The van der Waals surface area contributed by atoms with Gasteiger partial charge in [0.1, 0.15) is 0 Å². The van der Waals surface area contributed by atoms with Gasteiger partial charge in [-0.2, -0.15) is 0 Å². The first kappa shape index (κ1) is 16.5. The molecule has 4 nitrogen and oxygen atoms in total. The van der Waals surface area contributed by atoms with E-state index in [2.05, 4.69) is 36.1 Å². The Balaban J connectivity index is 2.25. The van der Waals surface area contributed by atoms with Crippen LogP contribution in [0.1, 0.15) is 30.4 Å². The fourth-order valence-corrected chi connectivity index (χ4v) is 5.37. The molecule has 1 aromatic carbocycles. The maximum atomic E-state index is 12.1. The minimum Gasteiger partial charge on any atom is -0.329 e. The van der Waals surface area contributed by atoms with Crippen LogP contribution in [0.4, 0.5) is 0 Å². The molecule has 0 spiro atoms. The lowest BCUT2D eigenvalue weighted by molar-refractivity contribution is 0.126. The largest absolute Gasteiger partial charge is 0.329 e. The van der Waals surface area contributed by atoms with Crippen molar-refractivity contribution < 1.29 is 8.42 Å². The number of nitrogens with zero attached hydrogens (tertiary/aromatic N) is 1. The van der Waals surface area contributed by atoms with Gasteiger partial charge < -0.3 is 5.73 Å². The third-order valence-electron chi connectivity index (χ3n) is 4.85. The lowest BCUT2D eigenvalue weighted by atomic mass is 9.94. The molecule has 118 valence electrons. The van der Waals surface area contributed by atoms with Gasteiger partial charge >= 0.3 is 0 Å². The van der Waals surface area contributed by atoms with Crippen LogP contribution in [0.15, 0.2) is 24.3 Å². The van der Waals surface area contributed by atoms with Crippen LogP contribution in [-0.2, 0) is 16.4 Å². The molecule has 2 N–H and O–H groups in total. The van der Waals surface area contributed by atoms with Crippen LogP contribution in [0.2, 0.25) is 0 Å². The Labute approximate surface area is 128 Å². The van der Waals surface area contributed by atoms with Crippen molar-refractivity contribution in [2.75, 3.05) is 19.8 Å². The smallest absolute Gasteiger partial charge is 0.152 e. The molecule has 2 atom stereocenters. The van der Waals surface area contributed by atoms with Gasteiger partial charge in [-0.1, -0.05) is 36.2 Å². The molecule has 0 amide bonds. The Morgan fingerprint density at radius 1 is 1.33 bits per heavy atom. The number of nitrogens with two attached hydrogens (primary N) is 1. The number of rotatable bonds is 5. The number of hydrogen-bond acceptors (Lipinski definition) is 4. The fourth-order valence-electron chi connectivity index (χ4n) is 3.59. The van der Waals surface area contributed by atoms with Crippen LogP contribution in [0.3, 0.4) is 0 Å². The normalized spacial score (nSPS) is 26.4. The Hall–Kier alpha value is -0.910. The number of benzene rings is 1. The van der Waals surface area contributed by atoms with Crippen molar-refractivity contribution >= 4 is 9.84 Å². The summed E-state index contributed by atoms with van der Waals surface area (Å²) >= 11 is 0. The van der Waals surface area contributed by atoms with E-state index in [0.717, 1.165) is 19.4 Å². The second-order valence-corrected chi connectivity index (χ2v) is 8.59. The van der Waals surface area contributed by atoms with E-state index >= 15 is 0 Å². The monoisotopic (exact) mass is 310 g/mol. The van der Waals surface area contributed by atoms with Crippen molar-refractivity contribution in [2.24, 2.45) is 5.73 Å². The standard InChI is InChI=1S/C16H26N2O2S/c1-13-6-8-14(9-7-13)11-18(2)16(12-17)10-4-5-15(16)21(3,19)20/h6-9,15H,4-5,10-12,17H2,1-3H3. The van der Waals surface area contributed by atoms with E-state index in [1.54, 1.807) is 0 Å². The molecule has 1 aliphatic carbocycles. The first-order valence-electron chi connectivity index (χ1n) is 7.45. The highest BCUT2D eigenvalue weighted by atomic mass is 32.2. The molecule has 0 aliphatic heterocycles. The molecule has 5 heteroatoms. The minimum atomic E-state index is -3.09. The molecular formula is C16H26N2O2S. The highest BCUT2D eigenvalue weighted by Gasteiger charge is 2.49. The van der Waals surface area contributed by atoms with E-state index in [-0.39, 0.29) is 5.25 Å². The van der Waals surface area contributed by atoms with Crippen LogP contribution in [0, 0.1) is 6.92 Å². The maximum absolute atomic E-state index is 12.1. The van der Waals surface area contributed by atoms with Crippen LogP contribution >= 0.6 is 0 Å². The van der Waals surface area contributed by atoms with E-state index in [9.17, 15) is 8.42 Å². The molecule has 2 rings (SSSR count). The van der Waals surface area contributed by atoms with Crippen molar-refractivity contribution in [1.29, 1.82) is 0 Å². The Kier molecular flexibility index (Phi) is 4.76. The van der Waals surface area contributed by atoms with Crippen LogP contribution in [0.25, 0.3) is 0 Å². The summed E-state index contributed by atoms with van der Waals surface area (Å²) in [5.74, 6) is 0. The van der Waals surface area contributed by atoms with E-state index in [0.29, 0.717) is 13.0 Å². The molecule has 2 unspecified atom stereocenters. The Morgan fingerprint density at radius 2 is 1.95 bits per heavy atom. The number of likely N-dealkylation sites (N-methyl/N-ethyl adjacent to an activating group) is 1. The van der Waals surface area contributed by atoms with Crippen molar-refractivity contribution in [2.45, 2.75) is 43.5 Å². The van der Waals surface area contributed by atoms with Crippen molar-refractivity contribution in [3.8, 4) is 0 Å². The maximum Gasteiger partial charge on any atom is 0.152 e. The lowest BCUT2D eigenvalue weighted by Crippen LogP contribution is -2.58. The summed E-state index contributed by atoms with van der Waals surface area (Å²) in [6.07, 6.45) is 3.83. The Morgan fingerprint density at radius 3 is 2.48 bits per heavy atom. The zero-order valence-electron chi connectivity index (χ0n) is 13.2. The summed E-state index contributed by atoms with van der Waals surface area (Å²) < 4.78 is 24.3. The first-order valence-corrected chi connectivity index (χ1v) is 9.41. The summed E-state index contributed by atoms with van der Waals surface area (Å²) in [6, 6.07) is 8.36. The fraction of sp³-hybridized carbons (Fsp3) is 0.625. The minimum absolute atomic E-state index is 0.356. The van der Waals surface area contributed by atoms with Gasteiger partial charge in [-0.3, -0.25) is 4.90 Å². The van der Waals surface area contributed by atoms with Crippen molar-refractivity contribution in [1.82, 2.24) is 4.90 Å². The average Bonchev–Trinajstić information content (AvgIpc) is 2.86. The third-order valence-corrected chi connectivity index (χ3v) is 6.55. The summed E-state index contributed by atoms with van der Waals surface area (Å²) in [7, 11) is -1.09. The molecule has 0 heterocycles. The van der Waals surface area contributed by atoms with Crippen LogP contribution in [-0.4, -0.2) is 44.0 Å². The van der Waals surface area contributed by atoms with Crippen LogP contribution < -0.4 is 5.73 Å². The van der Waals surface area contributed by atoms with E-state index in [1.165, 1.54) is 17.4 Å². The van der Waals surface area contributed by atoms with Gasteiger partial charge in [0.25, 0.3) is 0 Å². The zero-order chi connectivity index (χ0) is 15.7. The molecule has 0 aromatic heterocycles. The van der Waals surface area contributed by atoms with Gasteiger partial charge in [0.05, 0.1) is 5.25 Å². The molecular weight excluding hydrogens is 284 g/mol. The summed E-state index contributed by atoms with van der Waals surface area (Å²) in [4.78, 5) is 2.15. The summed E-state index contributed by atoms with van der Waals surface area (Å²) in [5, 5.41) is -0.356. The molecule has 0 radical (unpaired) electrons. The summed E-state index contributed by atoms with van der Waals surface area (Å²) in [6.45, 7) is 3.17. The van der Waals surface area contributed by atoms with Gasteiger partial charge in [-0.05, 0) is 32.4 Å². The van der Waals surface area contributed by atoms with E-state index < -0.39 is 15.4 Å². The highest BCUT2D eigenvalue weighted by molar-refractivity contribution is 7.91. The topological polar surface area (TPSA) is 63.4 Å². The Bertz CT molecular complexity index is 583. The van der Waals surface area contributed by atoms with Gasteiger partial charge in [0.2, 0.25) is 0 Å². The quantitative estimate of drug-likeness (QED) is 0.899. The van der Waals surface area contributed by atoms with E-state index in [4.69, 9.17) is 5.73 Å². The molecule has 0 saturated heterocycles. The lowest BCUT2D eigenvalue weighted by Gasteiger charge is -2.42. The SMILES string of the molecule is Cc1ccc(CN(C)C2(CN)CCCC2S(C)(=O)=O)cc1. The highest BCUT2D eigenvalue weighted by Crippen LogP contribution is 2.38. The number of sulfone groups is 1.